The highest BCUT2D eigenvalue weighted by Gasteiger charge is 2.23. The van der Waals surface area contributed by atoms with Crippen LogP contribution in [0.1, 0.15) is 27.1 Å². The summed E-state index contributed by atoms with van der Waals surface area (Å²) in [4.78, 5) is 20.5. The van der Waals surface area contributed by atoms with Crippen LogP contribution >= 0.6 is 22.9 Å². The number of carbonyl (C=O) groups is 1. The molecule has 20 heavy (non-hydrogen) atoms. The van der Waals surface area contributed by atoms with Gasteiger partial charge in [-0.25, -0.2) is 4.98 Å². The summed E-state index contributed by atoms with van der Waals surface area (Å²) >= 11 is 7.52. The molecule has 0 aromatic carbocycles. The van der Waals surface area contributed by atoms with Gasteiger partial charge in [-0.1, -0.05) is 11.6 Å². The fourth-order valence-electron chi connectivity index (χ4n) is 1.85. The molecule has 1 aliphatic heterocycles. The summed E-state index contributed by atoms with van der Waals surface area (Å²) < 4.78 is 0. The molecule has 0 spiro atoms. The van der Waals surface area contributed by atoms with Crippen molar-refractivity contribution in [3.63, 3.8) is 0 Å². The Labute approximate surface area is 125 Å². The molecule has 0 unspecified atom stereocenters. The highest BCUT2D eigenvalue weighted by Crippen LogP contribution is 2.23. The standard InChI is InChI=1S/C13H13ClN4OS/c14-9-2-1-3-16-10(9)6-17-12(19)11-7-20-13(18-11)8-4-15-5-8/h1-3,7-8,15H,4-6H2,(H,17,19). The van der Waals surface area contributed by atoms with Gasteiger partial charge in [-0.15, -0.1) is 11.3 Å². The van der Waals surface area contributed by atoms with E-state index in [2.05, 4.69) is 20.6 Å². The number of hydrogen-bond donors (Lipinski definition) is 2. The van der Waals surface area contributed by atoms with Crippen molar-refractivity contribution in [3.05, 3.63) is 45.1 Å². The first-order valence-corrected chi connectivity index (χ1v) is 7.53. The van der Waals surface area contributed by atoms with Crippen molar-refractivity contribution in [1.82, 2.24) is 20.6 Å². The second-order valence-corrected chi connectivity index (χ2v) is 5.84. The Balaban J connectivity index is 1.61. The highest BCUT2D eigenvalue weighted by atomic mass is 35.5. The second-order valence-electron chi connectivity index (χ2n) is 4.54. The van der Waals surface area contributed by atoms with Crippen LogP contribution in [0.15, 0.2) is 23.7 Å². The van der Waals surface area contributed by atoms with E-state index in [9.17, 15) is 4.79 Å². The van der Waals surface area contributed by atoms with Crippen LogP contribution in [-0.4, -0.2) is 29.0 Å². The number of carbonyl (C=O) groups excluding carboxylic acids is 1. The fraction of sp³-hybridized carbons (Fsp3) is 0.308. The van der Waals surface area contributed by atoms with Crippen LogP contribution < -0.4 is 10.6 Å². The third kappa shape index (κ3) is 2.82. The smallest absolute Gasteiger partial charge is 0.271 e. The van der Waals surface area contributed by atoms with Crippen LogP contribution in [0.25, 0.3) is 0 Å². The van der Waals surface area contributed by atoms with Crippen LogP contribution in [0, 0.1) is 0 Å². The molecule has 7 heteroatoms. The average molecular weight is 309 g/mol. The van der Waals surface area contributed by atoms with Crippen molar-refractivity contribution in [2.75, 3.05) is 13.1 Å². The number of halogens is 1. The lowest BCUT2D eigenvalue weighted by atomic mass is 10.1. The Hall–Kier alpha value is -1.50. The van der Waals surface area contributed by atoms with E-state index in [1.807, 2.05) is 0 Å². The summed E-state index contributed by atoms with van der Waals surface area (Å²) in [6, 6.07) is 3.51. The number of hydrogen-bond acceptors (Lipinski definition) is 5. The average Bonchev–Trinajstić information content (AvgIpc) is 2.85. The summed E-state index contributed by atoms with van der Waals surface area (Å²) in [6.45, 7) is 2.19. The Kier molecular flexibility index (Phi) is 3.95. The van der Waals surface area contributed by atoms with Gasteiger partial charge in [-0.05, 0) is 12.1 Å². The van der Waals surface area contributed by atoms with E-state index in [4.69, 9.17) is 11.6 Å². The summed E-state index contributed by atoms with van der Waals surface area (Å²) in [5.41, 5.74) is 1.12. The molecule has 3 rings (SSSR count). The third-order valence-corrected chi connectivity index (χ3v) is 4.49. The van der Waals surface area contributed by atoms with Crippen LogP contribution in [-0.2, 0) is 6.54 Å². The monoisotopic (exact) mass is 308 g/mol. The lowest BCUT2D eigenvalue weighted by Crippen LogP contribution is -2.39. The molecular formula is C13H13ClN4OS. The molecule has 104 valence electrons. The topological polar surface area (TPSA) is 66.9 Å². The fourth-order valence-corrected chi connectivity index (χ4v) is 2.94. The first-order valence-electron chi connectivity index (χ1n) is 6.28. The number of amides is 1. The van der Waals surface area contributed by atoms with Gasteiger partial charge in [0.2, 0.25) is 0 Å². The van der Waals surface area contributed by atoms with Crippen molar-refractivity contribution < 1.29 is 4.79 Å². The van der Waals surface area contributed by atoms with E-state index in [0.29, 0.717) is 28.9 Å². The minimum Gasteiger partial charge on any atom is -0.345 e. The molecule has 0 radical (unpaired) electrons. The molecule has 1 aliphatic rings. The minimum absolute atomic E-state index is 0.193. The lowest BCUT2D eigenvalue weighted by molar-refractivity contribution is 0.0946. The van der Waals surface area contributed by atoms with Gasteiger partial charge in [0.1, 0.15) is 5.69 Å². The number of pyridine rings is 1. The maximum absolute atomic E-state index is 12.0. The van der Waals surface area contributed by atoms with Gasteiger partial charge in [0.15, 0.2) is 0 Å². The number of thiazole rings is 1. The first kappa shape index (κ1) is 13.5. The molecular weight excluding hydrogens is 296 g/mol. The molecule has 0 bridgehead atoms. The van der Waals surface area contributed by atoms with Crippen LogP contribution in [0.3, 0.4) is 0 Å². The van der Waals surface area contributed by atoms with Crippen molar-refractivity contribution in [3.8, 4) is 0 Å². The molecule has 0 atom stereocenters. The SMILES string of the molecule is O=C(NCc1ncccc1Cl)c1csc(C2CNC2)n1. The van der Waals surface area contributed by atoms with Gasteiger partial charge in [0.25, 0.3) is 5.91 Å². The molecule has 2 aromatic rings. The quantitative estimate of drug-likeness (QED) is 0.904. The van der Waals surface area contributed by atoms with Crippen LogP contribution in [0.2, 0.25) is 5.02 Å². The zero-order valence-electron chi connectivity index (χ0n) is 10.6. The van der Waals surface area contributed by atoms with Gasteiger partial charge >= 0.3 is 0 Å². The molecule has 1 fully saturated rings. The van der Waals surface area contributed by atoms with Crippen LogP contribution in [0.4, 0.5) is 0 Å². The van der Waals surface area contributed by atoms with Gasteiger partial charge in [-0.3, -0.25) is 9.78 Å². The minimum atomic E-state index is -0.193. The molecule has 1 amide bonds. The van der Waals surface area contributed by atoms with Gasteiger partial charge in [0.05, 0.1) is 22.3 Å². The molecule has 1 saturated heterocycles. The number of aromatic nitrogens is 2. The van der Waals surface area contributed by atoms with E-state index in [0.717, 1.165) is 18.1 Å². The zero-order valence-corrected chi connectivity index (χ0v) is 12.2. The van der Waals surface area contributed by atoms with Crippen molar-refractivity contribution >= 4 is 28.8 Å². The van der Waals surface area contributed by atoms with Crippen molar-refractivity contribution in [1.29, 1.82) is 0 Å². The normalized spacial score (nSPS) is 14.8. The van der Waals surface area contributed by atoms with Crippen molar-refractivity contribution in [2.24, 2.45) is 0 Å². The highest BCUT2D eigenvalue weighted by molar-refractivity contribution is 7.10. The van der Waals surface area contributed by atoms with Gasteiger partial charge < -0.3 is 10.6 Å². The predicted molar refractivity (Wildman–Crippen MR) is 78.1 cm³/mol. The number of rotatable bonds is 4. The summed E-state index contributed by atoms with van der Waals surface area (Å²) in [5.74, 6) is 0.258. The molecule has 0 aliphatic carbocycles. The lowest BCUT2D eigenvalue weighted by Gasteiger charge is -2.24. The summed E-state index contributed by atoms with van der Waals surface area (Å²) in [5, 5.41) is 9.34. The number of nitrogens with zero attached hydrogens (tertiary/aromatic N) is 2. The maximum atomic E-state index is 12.0. The zero-order chi connectivity index (χ0) is 13.9. The Morgan fingerprint density at radius 2 is 2.40 bits per heavy atom. The molecule has 2 aromatic heterocycles. The summed E-state index contributed by atoms with van der Waals surface area (Å²) in [7, 11) is 0. The van der Waals surface area contributed by atoms with E-state index in [-0.39, 0.29) is 5.91 Å². The van der Waals surface area contributed by atoms with Gasteiger partial charge in [0, 0.05) is 30.6 Å². The Morgan fingerprint density at radius 1 is 1.55 bits per heavy atom. The van der Waals surface area contributed by atoms with Crippen LogP contribution in [0.5, 0.6) is 0 Å². The second kappa shape index (κ2) is 5.87. The summed E-state index contributed by atoms with van der Waals surface area (Å²) in [6.07, 6.45) is 1.65. The molecule has 2 N–H and O–H groups in total. The Morgan fingerprint density at radius 3 is 3.10 bits per heavy atom. The predicted octanol–water partition coefficient (Wildman–Crippen LogP) is 1.81. The van der Waals surface area contributed by atoms with E-state index >= 15 is 0 Å². The van der Waals surface area contributed by atoms with E-state index in [1.54, 1.807) is 23.7 Å². The number of nitrogens with one attached hydrogen (secondary N) is 2. The largest absolute Gasteiger partial charge is 0.345 e. The molecule has 3 heterocycles. The first-order chi connectivity index (χ1) is 9.74. The van der Waals surface area contributed by atoms with E-state index < -0.39 is 0 Å². The van der Waals surface area contributed by atoms with E-state index in [1.165, 1.54) is 11.3 Å². The van der Waals surface area contributed by atoms with Crippen molar-refractivity contribution in [2.45, 2.75) is 12.5 Å². The molecule has 0 saturated carbocycles. The third-order valence-electron chi connectivity index (χ3n) is 3.14. The van der Waals surface area contributed by atoms with Gasteiger partial charge in [-0.2, -0.15) is 0 Å². The maximum Gasteiger partial charge on any atom is 0.271 e. The molecule has 5 nitrogen and oxygen atoms in total. The Bertz CT molecular complexity index is 626.